The van der Waals surface area contributed by atoms with Crippen LogP contribution in [0.3, 0.4) is 0 Å². The number of sulfonamides is 1. The van der Waals surface area contributed by atoms with Crippen LogP contribution in [-0.4, -0.2) is 8.42 Å². The zero-order chi connectivity index (χ0) is 15.4. The number of benzene rings is 1. The van der Waals surface area contributed by atoms with Gasteiger partial charge in [0, 0.05) is 11.3 Å². The van der Waals surface area contributed by atoms with Crippen molar-refractivity contribution in [3.05, 3.63) is 76.4 Å². The zero-order valence-electron chi connectivity index (χ0n) is 11.7. The topological polar surface area (TPSA) is 59.3 Å². The molecule has 22 heavy (non-hydrogen) atoms. The summed E-state index contributed by atoms with van der Waals surface area (Å²) >= 11 is 1.62. The first-order valence-electron chi connectivity index (χ1n) is 6.77. The molecule has 0 amide bonds. The second-order valence-electron chi connectivity index (χ2n) is 4.77. The number of furan rings is 1. The van der Waals surface area contributed by atoms with Crippen LogP contribution in [-0.2, 0) is 23.0 Å². The predicted octanol–water partition coefficient (Wildman–Crippen LogP) is 3.41. The third-order valence-electron chi connectivity index (χ3n) is 3.22. The van der Waals surface area contributed by atoms with E-state index in [2.05, 4.69) is 4.72 Å². The van der Waals surface area contributed by atoms with Crippen molar-refractivity contribution in [2.24, 2.45) is 0 Å². The van der Waals surface area contributed by atoms with E-state index in [0.29, 0.717) is 17.1 Å². The lowest BCUT2D eigenvalue weighted by Crippen LogP contribution is -2.24. The predicted molar refractivity (Wildman–Crippen MR) is 86.3 cm³/mol. The Labute approximate surface area is 133 Å². The van der Waals surface area contributed by atoms with Gasteiger partial charge in [-0.2, -0.15) is 0 Å². The molecule has 2 heterocycles. The highest BCUT2D eigenvalue weighted by atomic mass is 32.2. The van der Waals surface area contributed by atoms with Gasteiger partial charge < -0.3 is 4.42 Å². The standard InChI is InChI=1S/C16H15NO3S2/c18-22(19,17-12-14-6-3-9-20-14)16-8-2-1-5-13(16)11-15-7-4-10-21-15/h1-10,17H,11-12H2. The molecule has 0 spiro atoms. The van der Waals surface area contributed by atoms with Gasteiger partial charge >= 0.3 is 0 Å². The molecule has 0 fully saturated rings. The molecule has 0 radical (unpaired) electrons. The molecule has 1 aromatic carbocycles. The molecule has 0 aliphatic carbocycles. The van der Waals surface area contributed by atoms with E-state index in [9.17, 15) is 8.42 Å². The average molecular weight is 333 g/mol. The van der Waals surface area contributed by atoms with E-state index in [1.807, 2.05) is 29.6 Å². The minimum Gasteiger partial charge on any atom is -0.468 e. The van der Waals surface area contributed by atoms with Crippen molar-refractivity contribution < 1.29 is 12.8 Å². The van der Waals surface area contributed by atoms with Gasteiger partial charge in [-0.3, -0.25) is 0 Å². The minimum absolute atomic E-state index is 0.142. The highest BCUT2D eigenvalue weighted by Gasteiger charge is 2.18. The van der Waals surface area contributed by atoms with Crippen LogP contribution in [0.1, 0.15) is 16.2 Å². The maximum atomic E-state index is 12.5. The summed E-state index contributed by atoms with van der Waals surface area (Å²) in [7, 11) is -3.58. The molecule has 2 aromatic heterocycles. The van der Waals surface area contributed by atoms with Gasteiger partial charge in [0.05, 0.1) is 17.7 Å². The summed E-state index contributed by atoms with van der Waals surface area (Å²) in [6.45, 7) is 0.142. The molecule has 114 valence electrons. The molecule has 0 bridgehead atoms. The lowest BCUT2D eigenvalue weighted by atomic mass is 10.1. The molecule has 0 saturated heterocycles. The van der Waals surface area contributed by atoms with E-state index in [1.54, 1.807) is 35.6 Å². The first-order valence-corrected chi connectivity index (χ1v) is 9.14. The molecule has 3 rings (SSSR count). The Morgan fingerprint density at radius 2 is 1.91 bits per heavy atom. The van der Waals surface area contributed by atoms with Gasteiger partial charge in [-0.15, -0.1) is 11.3 Å². The Morgan fingerprint density at radius 1 is 1.05 bits per heavy atom. The third kappa shape index (κ3) is 3.47. The number of thiophene rings is 1. The summed E-state index contributed by atoms with van der Waals surface area (Å²) in [4.78, 5) is 1.45. The molecule has 0 saturated carbocycles. The Kier molecular flexibility index (Phi) is 4.42. The SMILES string of the molecule is O=S(=O)(NCc1ccco1)c1ccccc1Cc1cccs1. The average Bonchev–Trinajstić information content (AvgIpc) is 3.19. The van der Waals surface area contributed by atoms with Crippen molar-refractivity contribution in [2.45, 2.75) is 17.9 Å². The summed E-state index contributed by atoms with van der Waals surface area (Å²) in [6, 6.07) is 14.5. The lowest BCUT2D eigenvalue weighted by molar-refractivity contribution is 0.498. The summed E-state index contributed by atoms with van der Waals surface area (Å²) in [5, 5.41) is 1.99. The molecule has 0 unspecified atom stereocenters. The van der Waals surface area contributed by atoms with E-state index >= 15 is 0 Å². The van der Waals surface area contributed by atoms with E-state index < -0.39 is 10.0 Å². The van der Waals surface area contributed by atoms with Gasteiger partial charge in [-0.1, -0.05) is 24.3 Å². The Hall–Kier alpha value is -1.89. The fourth-order valence-corrected chi connectivity index (χ4v) is 4.13. The van der Waals surface area contributed by atoms with Gasteiger partial charge in [0.25, 0.3) is 0 Å². The maximum Gasteiger partial charge on any atom is 0.241 e. The highest BCUT2D eigenvalue weighted by molar-refractivity contribution is 7.89. The van der Waals surface area contributed by atoms with Gasteiger partial charge in [0.15, 0.2) is 0 Å². The molecule has 0 atom stereocenters. The van der Waals surface area contributed by atoms with E-state index in [-0.39, 0.29) is 6.54 Å². The smallest absolute Gasteiger partial charge is 0.241 e. The molecule has 0 aliphatic rings. The first kappa shape index (κ1) is 15.0. The molecule has 3 aromatic rings. The second-order valence-corrected chi connectivity index (χ2v) is 7.54. The van der Waals surface area contributed by atoms with E-state index in [0.717, 1.165) is 10.4 Å². The second kappa shape index (κ2) is 6.48. The molecular weight excluding hydrogens is 318 g/mol. The van der Waals surface area contributed by atoms with Crippen LogP contribution in [0.4, 0.5) is 0 Å². The molecule has 0 aliphatic heterocycles. The summed E-state index contributed by atoms with van der Waals surface area (Å²) in [5.74, 6) is 0.583. The number of rotatable bonds is 6. The van der Waals surface area contributed by atoms with Crippen LogP contribution in [0.5, 0.6) is 0 Å². The van der Waals surface area contributed by atoms with Crippen LogP contribution in [0.25, 0.3) is 0 Å². The Balaban J connectivity index is 1.83. The van der Waals surface area contributed by atoms with Crippen LogP contribution in [0.2, 0.25) is 0 Å². The van der Waals surface area contributed by atoms with Crippen molar-refractivity contribution >= 4 is 21.4 Å². The van der Waals surface area contributed by atoms with E-state index in [1.165, 1.54) is 6.26 Å². The molecule has 1 N–H and O–H groups in total. The molecule has 6 heteroatoms. The fraction of sp³-hybridized carbons (Fsp3) is 0.125. The quantitative estimate of drug-likeness (QED) is 0.752. The van der Waals surface area contributed by atoms with Gasteiger partial charge in [0.2, 0.25) is 10.0 Å². The Morgan fingerprint density at radius 3 is 2.64 bits per heavy atom. The molecule has 4 nitrogen and oxygen atoms in total. The van der Waals surface area contributed by atoms with Crippen molar-refractivity contribution in [3.63, 3.8) is 0 Å². The fourth-order valence-electron chi connectivity index (χ4n) is 2.17. The van der Waals surface area contributed by atoms with Crippen LogP contribution < -0.4 is 4.72 Å². The molecular formula is C16H15NO3S2. The maximum absolute atomic E-state index is 12.5. The number of hydrogen-bond donors (Lipinski definition) is 1. The monoisotopic (exact) mass is 333 g/mol. The van der Waals surface area contributed by atoms with Crippen LogP contribution >= 0.6 is 11.3 Å². The zero-order valence-corrected chi connectivity index (χ0v) is 13.4. The van der Waals surface area contributed by atoms with Crippen LogP contribution in [0.15, 0.2) is 69.5 Å². The van der Waals surface area contributed by atoms with Gasteiger partial charge in [-0.05, 0) is 35.2 Å². The highest BCUT2D eigenvalue weighted by Crippen LogP contribution is 2.21. The summed E-state index contributed by atoms with van der Waals surface area (Å²) < 4.78 is 32.8. The van der Waals surface area contributed by atoms with E-state index in [4.69, 9.17) is 4.42 Å². The first-order chi connectivity index (χ1) is 10.6. The van der Waals surface area contributed by atoms with Gasteiger partial charge in [0.1, 0.15) is 5.76 Å². The van der Waals surface area contributed by atoms with Gasteiger partial charge in [-0.25, -0.2) is 13.1 Å². The van der Waals surface area contributed by atoms with Crippen molar-refractivity contribution in [1.29, 1.82) is 0 Å². The van der Waals surface area contributed by atoms with Crippen LogP contribution in [0, 0.1) is 0 Å². The minimum atomic E-state index is -3.58. The van der Waals surface area contributed by atoms with Crippen molar-refractivity contribution in [1.82, 2.24) is 4.72 Å². The number of hydrogen-bond acceptors (Lipinski definition) is 4. The lowest BCUT2D eigenvalue weighted by Gasteiger charge is -2.10. The number of nitrogens with one attached hydrogen (secondary N) is 1. The summed E-state index contributed by atoms with van der Waals surface area (Å²) in [6.07, 6.45) is 2.13. The van der Waals surface area contributed by atoms with Crippen molar-refractivity contribution in [2.75, 3.05) is 0 Å². The Bertz CT molecular complexity index is 822. The third-order valence-corrected chi connectivity index (χ3v) is 5.60. The summed E-state index contributed by atoms with van der Waals surface area (Å²) in [5.41, 5.74) is 0.789. The van der Waals surface area contributed by atoms with Crippen molar-refractivity contribution in [3.8, 4) is 0 Å². The largest absolute Gasteiger partial charge is 0.468 e. The normalized spacial score (nSPS) is 11.6.